The van der Waals surface area contributed by atoms with E-state index in [1.54, 1.807) is 14.2 Å². The Morgan fingerprint density at radius 3 is 2.04 bits per heavy atom. The van der Waals surface area contributed by atoms with Crippen LogP contribution in [0.15, 0.2) is 90.2 Å². The number of benzene rings is 3. The molecule has 1 saturated heterocycles. The number of ether oxygens (including phenoxy) is 4. The van der Waals surface area contributed by atoms with Crippen LogP contribution in [0.5, 0.6) is 11.5 Å². The second-order valence-electron chi connectivity index (χ2n) is 11.3. The Hall–Kier alpha value is -4.95. The summed E-state index contributed by atoms with van der Waals surface area (Å²) in [6.07, 6.45) is -3.36. The normalized spacial score (nSPS) is 20.0. The molecule has 0 radical (unpaired) electrons. The first-order valence-electron chi connectivity index (χ1n) is 15.1. The first-order valence-corrected chi connectivity index (χ1v) is 15.1. The van der Waals surface area contributed by atoms with Gasteiger partial charge in [-0.1, -0.05) is 59.8 Å². The number of nitrogens with zero attached hydrogens (tertiary/aromatic N) is 7. The average Bonchev–Trinajstić information content (AvgIpc) is 3.66. The molecule has 0 spiro atoms. The smallest absolute Gasteiger partial charge is 0.187 e. The third-order valence-corrected chi connectivity index (χ3v) is 8.37. The van der Waals surface area contributed by atoms with Gasteiger partial charge in [0.1, 0.15) is 47.6 Å². The molecule has 13 heteroatoms. The van der Waals surface area contributed by atoms with Crippen LogP contribution >= 0.6 is 0 Å². The maximum atomic E-state index is 11.3. The van der Waals surface area contributed by atoms with Crippen molar-refractivity contribution in [2.24, 2.45) is 4.99 Å². The first-order chi connectivity index (χ1) is 22.8. The first kappa shape index (κ1) is 32.0. The number of aliphatic imine (C=N–C) groups is 1. The fourth-order valence-corrected chi connectivity index (χ4v) is 5.61. The van der Waals surface area contributed by atoms with Crippen molar-refractivity contribution in [2.45, 2.75) is 37.1 Å². The highest BCUT2D eigenvalue weighted by Gasteiger charge is 2.47. The quantitative estimate of drug-likeness (QED) is 0.131. The Labute approximate surface area is 272 Å². The Kier molecular flexibility index (Phi) is 9.14. The molecule has 2 aromatic heterocycles. The predicted molar refractivity (Wildman–Crippen MR) is 174 cm³/mol. The molecule has 1 fully saturated rings. The van der Waals surface area contributed by atoms with E-state index in [0.29, 0.717) is 34.3 Å². The highest BCUT2D eigenvalue weighted by atomic mass is 16.6. The summed E-state index contributed by atoms with van der Waals surface area (Å²) >= 11 is 0. The fraction of sp³-hybridized carbons (Fsp3) is 0.324. The van der Waals surface area contributed by atoms with Crippen molar-refractivity contribution in [3.8, 4) is 11.5 Å². The van der Waals surface area contributed by atoms with Crippen molar-refractivity contribution in [1.29, 1.82) is 0 Å². The molecule has 0 saturated carbocycles. The minimum Gasteiger partial charge on any atom is -0.497 e. The number of rotatable bonds is 10. The molecule has 13 nitrogen and oxygen atoms in total. The van der Waals surface area contributed by atoms with E-state index < -0.39 is 30.1 Å². The van der Waals surface area contributed by atoms with Gasteiger partial charge in [0.25, 0.3) is 0 Å². The van der Waals surface area contributed by atoms with Gasteiger partial charge in [-0.25, -0.2) is 15.0 Å². The van der Waals surface area contributed by atoms with Crippen molar-refractivity contribution >= 4 is 22.8 Å². The number of aliphatic hydroxyl groups is 2. The molecule has 47 heavy (non-hydrogen) atoms. The zero-order chi connectivity index (χ0) is 33.1. The van der Waals surface area contributed by atoms with Crippen LogP contribution in [0.2, 0.25) is 0 Å². The zero-order valence-electron chi connectivity index (χ0n) is 26.8. The van der Waals surface area contributed by atoms with Gasteiger partial charge in [-0.15, -0.1) is 5.10 Å². The van der Waals surface area contributed by atoms with Gasteiger partial charge in [0, 0.05) is 14.1 Å². The minimum absolute atomic E-state index is 0.0964. The molecule has 0 unspecified atom stereocenters. The van der Waals surface area contributed by atoms with Crippen molar-refractivity contribution in [3.05, 3.63) is 102 Å². The lowest BCUT2D eigenvalue weighted by Crippen LogP contribution is -2.39. The van der Waals surface area contributed by atoms with Crippen LogP contribution < -0.4 is 9.47 Å². The number of fused-ring (bicyclic) bond motifs is 1. The van der Waals surface area contributed by atoms with E-state index in [4.69, 9.17) is 18.9 Å². The molecular formula is C34H37N7O6. The van der Waals surface area contributed by atoms with Gasteiger partial charge >= 0.3 is 0 Å². The molecular weight excluding hydrogens is 602 g/mol. The van der Waals surface area contributed by atoms with E-state index in [0.717, 1.165) is 16.7 Å². The predicted octanol–water partition coefficient (Wildman–Crippen LogP) is 3.48. The topological polar surface area (TPSA) is 149 Å². The third-order valence-electron chi connectivity index (χ3n) is 8.37. The number of aliphatic hydroxyl groups excluding tert-OH is 2. The number of aromatic nitrogens is 5. The molecule has 3 aromatic carbocycles. The van der Waals surface area contributed by atoms with Gasteiger partial charge in [0.15, 0.2) is 23.2 Å². The zero-order valence-corrected chi connectivity index (χ0v) is 26.8. The van der Waals surface area contributed by atoms with Gasteiger partial charge in [0.05, 0.1) is 20.8 Å². The van der Waals surface area contributed by atoms with E-state index >= 15 is 0 Å². The molecule has 244 valence electrons. The van der Waals surface area contributed by atoms with Crippen LogP contribution in [0.3, 0.4) is 0 Å². The molecule has 3 heterocycles. The van der Waals surface area contributed by atoms with E-state index in [1.807, 2.05) is 105 Å². The Bertz CT molecular complexity index is 1780. The summed E-state index contributed by atoms with van der Waals surface area (Å²) in [5.74, 6) is 2.42. The standard InChI is InChI=1S/C34H37N7O6/c1-21(40(2)3)37-31-28-32(36-20-35-31)41(39-38-28)33-30(43)29(42)27(47-33)19-46-34(22-9-7-6-8-10-22,23-11-15-25(44-4)16-12-23)24-13-17-26(45-5)18-14-24/h6-18,20,27,29-30,33,42-43H,19H2,1-5H3/t27-,29-,30-,33-/m1/s1. The highest BCUT2D eigenvalue weighted by Crippen LogP contribution is 2.43. The largest absolute Gasteiger partial charge is 0.497 e. The van der Waals surface area contributed by atoms with Crippen molar-refractivity contribution in [3.63, 3.8) is 0 Å². The number of methoxy groups -OCH3 is 2. The van der Waals surface area contributed by atoms with Crippen molar-refractivity contribution < 1.29 is 29.2 Å². The van der Waals surface area contributed by atoms with Gasteiger partial charge in [-0.05, 0) is 47.9 Å². The van der Waals surface area contributed by atoms with E-state index in [-0.39, 0.29) is 6.61 Å². The van der Waals surface area contributed by atoms with Gasteiger partial charge in [-0.2, -0.15) is 4.68 Å². The summed E-state index contributed by atoms with van der Waals surface area (Å²) in [7, 11) is 6.97. The highest BCUT2D eigenvalue weighted by molar-refractivity contribution is 5.87. The van der Waals surface area contributed by atoms with Crippen LogP contribution in [0.1, 0.15) is 29.8 Å². The second kappa shape index (κ2) is 13.4. The van der Waals surface area contributed by atoms with Gasteiger partial charge in [0.2, 0.25) is 0 Å². The number of hydrogen-bond acceptors (Lipinski definition) is 11. The minimum atomic E-state index is -1.35. The van der Waals surface area contributed by atoms with Crippen molar-refractivity contribution in [1.82, 2.24) is 29.9 Å². The monoisotopic (exact) mass is 639 g/mol. The lowest BCUT2D eigenvalue weighted by atomic mass is 9.80. The van der Waals surface area contributed by atoms with Crippen molar-refractivity contribution in [2.75, 3.05) is 34.9 Å². The summed E-state index contributed by atoms with van der Waals surface area (Å²) in [6.45, 7) is 1.75. The van der Waals surface area contributed by atoms with Gasteiger partial charge in [-0.3, -0.25) is 0 Å². The van der Waals surface area contributed by atoms with Crippen LogP contribution in [-0.2, 0) is 15.1 Å². The number of amidine groups is 1. The van der Waals surface area contributed by atoms with Crippen LogP contribution in [0, 0.1) is 0 Å². The Morgan fingerprint density at radius 1 is 0.872 bits per heavy atom. The van der Waals surface area contributed by atoms with Crippen LogP contribution in [0.25, 0.3) is 11.2 Å². The van der Waals surface area contributed by atoms with Crippen LogP contribution in [-0.4, -0.2) is 99.1 Å². The number of hydrogen-bond donors (Lipinski definition) is 2. The summed E-state index contributed by atoms with van der Waals surface area (Å²) in [6, 6.07) is 25.0. The molecule has 0 aliphatic carbocycles. The second-order valence-corrected chi connectivity index (χ2v) is 11.3. The Morgan fingerprint density at radius 2 is 1.47 bits per heavy atom. The van der Waals surface area contributed by atoms with E-state index in [1.165, 1.54) is 11.0 Å². The maximum Gasteiger partial charge on any atom is 0.187 e. The summed E-state index contributed by atoms with van der Waals surface area (Å²) < 4.78 is 25.4. The molecule has 2 N–H and O–H groups in total. The molecule has 1 aliphatic rings. The third kappa shape index (κ3) is 6.01. The molecule has 1 aliphatic heterocycles. The van der Waals surface area contributed by atoms with Crippen LogP contribution in [0.4, 0.5) is 5.82 Å². The molecule has 0 amide bonds. The lowest BCUT2D eigenvalue weighted by molar-refractivity contribution is -0.0969. The lowest BCUT2D eigenvalue weighted by Gasteiger charge is -2.37. The summed E-state index contributed by atoms with van der Waals surface area (Å²) in [4.78, 5) is 15.0. The molecule has 4 atom stereocenters. The van der Waals surface area contributed by atoms with E-state index in [2.05, 4.69) is 25.3 Å². The fourth-order valence-electron chi connectivity index (χ4n) is 5.61. The van der Waals surface area contributed by atoms with E-state index in [9.17, 15) is 10.2 Å². The summed E-state index contributed by atoms with van der Waals surface area (Å²) in [5, 5.41) is 30.9. The average molecular weight is 640 g/mol. The Balaban J connectivity index is 1.36. The molecule has 5 aromatic rings. The summed E-state index contributed by atoms with van der Waals surface area (Å²) in [5.41, 5.74) is 1.98. The SMILES string of the molecule is COc1ccc(C(OC[C@H]2O[C@@H](n3nnc4c(N=C(C)N(C)C)ncnc43)[C@H](O)[C@@H]2O)(c2ccccc2)c2ccc(OC)cc2)cc1. The van der Waals surface area contributed by atoms with Gasteiger partial charge < -0.3 is 34.1 Å². The molecule has 0 bridgehead atoms. The molecule has 6 rings (SSSR count). The maximum absolute atomic E-state index is 11.3.